The van der Waals surface area contributed by atoms with Gasteiger partial charge in [-0.15, -0.1) is 0 Å². The molecule has 0 unspecified atom stereocenters. The second-order valence-corrected chi connectivity index (χ2v) is 14.2. The van der Waals surface area contributed by atoms with E-state index in [1.165, 1.54) is 59.0 Å². The molecule has 0 saturated carbocycles. The van der Waals surface area contributed by atoms with E-state index in [4.69, 9.17) is 19.9 Å². The number of hydrogen-bond acceptors (Lipinski definition) is 10. The SMILES string of the molecule is CCOc1cc([C@](Nc2ccc3c(N)nccc3c2)(OC(=O)C(F)(F)F)C(=O)NCc2ccccc2S(=O)(=O)N2CCCCC2)ccc1OC(C)C. The quantitative estimate of drug-likeness (QED) is 0.112. The van der Waals surface area contributed by atoms with Gasteiger partial charge < -0.3 is 30.6 Å². The van der Waals surface area contributed by atoms with Gasteiger partial charge in [-0.3, -0.25) is 4.79 Å². The molecular weight excluding hydrogens is 703 g/mol. The second kappa shape index (κ2) is 15.7. The predicted octanol–water partition coefficient (Wildman–Crippen LogP) is 5.86. The summed E-state index contributed by atoms with van der Waals surface area (Å²) in [5.74, 6) is -3.44. The molecule has 3 aromatic carbocycles. The number of sulfonamides is 1. The van der Waals surface area contributed by atoms with Gasteiger partial charge in [0.05, 0.1) is 17.6 Å². The summed E-state index contributed by atoms with van der Waals surface area (Å²) in [5, 5.41) is 6.33. The molecule has 0 radical (unpaired) electrons. The van der Waals surface area contributed by atoms with Crippen molar-refractivity contribution in [1.29, 1.82) is 0 Å². The summed E-state index contributed by atoms with van der Waals surface area (Å²) in [5.41, 5.74) is 3.08. The van der Waals surface area contributed by atoms with Gasteiger partial charge in [-0.1, -0.05) is 24.6 Å². The van der Waals surface area contributed by atoms with Crippen molar-refractivity contribution in [3.63, 3.8) is 0 Å². The monoisotopic (exact) mass is 743 g/mol. The number of pyridine rings is 1. The molecule has 4 N–H and O–H groups in total. The number of amides is 1. The number of nitrogens with one attached hydrogen (secondary N) is 2. The van der Waals surface area contributed by atoms with Gasteiger partial charge in [-0.2, -0.15) is 17.5 Å². The highest BCUT2D eigenvalue weighted by Gasteiger charge is 2.52. The summed E-state index contributed by atoms with van der Waals surface area (Å²) in [6, 6.07) is 16.0. The van der Waals surface area contributed by atoms with Crippen molar-refractivity contribution < 1.29 is 45.4 Å². The van der Waals surface area contributed by atoms with Gasteiger partial charge in [0.25, 0.3) is 11.6 Å². The van der Waals surface area contributed by atoms with Crippen LogP contribution < -0.4 is 25.8 Å². The highest BCUT2D eigenvalue weighted by molar-refractivity contribution is 7.89. The second-order valence-electron chi connectivity index (χ2n) is 12.3. The lowest BCUT2D eigenvalue weighted by Crippen LogP contribution is -2.54. The maximum Gasteiger partial charge on any atom is 0.491 e. The maximum atomic E-state index is 14.5. The molecule has 16 heteroatoms. The zero-order valence-corrected chi connectivity index (χ0v) is 29.6. The van der Waals surface area contributed by atoms with Crippen molar-refractivity contribution in [2.75, 3.05) is 30.7 Å². The van der Waals surface area contributed by atoms with Gasteiger partial charge in [0.15, 0.2) is 11.5 Å². The van der Waals surface area contributed by atoms with E-state index in [9.17, 15) is 31.2 Å². The summed E-state index contributed by atoms with van der Waals surface area (Å²) in [6.07, 6.45) is -2.12. The van der Waals surface area contributed by atoms with E-state index in [1.54, 1.807) is 39.0 Å². The summed E-state index contributed by atoms with van der Waals surface area (Å²) < 4.78 is 87.5. The predicted molar refractivity (Wildman–Crippen MR) is 188 cm³/mol. The number of anilines is 2. The van der Waals surface area contributed by atoms with Crippen molar-refractivity contribution in [3.8, 4) is 11.5 Å². The highest BCUT2D eigenvalue weighted by atomic mass is 32.2. The van der Waals surface area contributed by atoms with Crippen molar-refractivity contribution in [2.45, 2.75) is 69.5 Å². The van der Waals surface area contributed by atoms with Gasteiger partial charge >= 0.3 is 12.1 Å². The first-order valence-electron chi connectivity index (χ1n) is 16.7. The minimum Gasteiger partial charge on any atom is -0.490 e. The third-order valence-electron chi connectivity index (χ3n) is 8.27. The van der Waals surface area contributed by atoms with Crippen LogP contribution in [0.25, 0.3) is 10.8 Å². The van der Waals surface area contributed by atoms with Crippen LogP contribution in [0.3, 0.4) is 0 Å². The Hall–Kier alpha value is -5.09. The number of nitrogens with zero attached hydrogens (tertiary/aromatic N) is 2. The third-order valence-corrected chi connectivity index (χ3v) is 10.3. The van der Waals surface area contributed by atoms with E-state index in [0.29, 0.717) is 36.7 Å². The molecule has 52 heavy (non-hydrogen) atoms. The maximum absolute atomic E-state index is 14.5. The van der Waals surface area contributed by atoms with Crippen LogP contribution in [0.2, 0.25) is 0 Å². The van der Waals surface area contributed by atoms with Crippen molar-refractivity contribution >= 4 is 44.2 Å². The fourth-order valence-corrected chi connectivity index (χ4v) is 7.60. The van der Waals surface area contributed by atoms with Crippen LogP contribution in [0.15, 0.2) is 77.8 Å². The number of benzene rings is 3. The molecule has 1 aliphatic heterocycles. The number of esters is 1. The Bertz CT molecular complexity index is 2040. The molecule has 2 heterocycles. The smallest absolute Gasteiger partial charge is 0.490 e. The number of aromatic nitrogens is 1. The molecule has 5 rings (SSSR count). The molecule has 1 amide bonds. The fourth-order valence-electron chi connectivity index (χ4n) is 5.86. The molecule has 4 aromatic rings. The number of fused-ring (bicyclic) bond motifs is 1. The normalized spacial score (nSPS) is 15.1. The average molecular weight is 744 g/mol. The Morgan fingerprint density at radius 1 is 0.981 bits per heavy atom. The van der Waals surface area contributed by atoms with E-state index in [-0.39, 0.29) is 51.7 Å². The number of rotatable bonds is 13. The standard InChI is InChI=1S/C36H40F3N5O7S/c1-4-49-30-21-26(12-15-29(30)50-23(2)3)35(51-34(46)36(37,38)39,43-27-13-14-28-24(20-27)16-17-41-32(28)40)33(45)42-22-25-10-6-7-11-31(25)52(47,48)44-18-8-5-9-19-44/h6-7,10-17,20-21,23,43H,4-5,8-9,18-19,22H2,1-3H3,(H2,40,41)(H,42,45)/t35-/m0/s1. The highest BCUT2D eigenvalue weighted by Crippen LogP contribution is 2.38. The van der Waals surface area contributed by atoms with Gasteiger partial charge in [-0.05, 0) is 93.1 Å². The molecule has 1 aliphatic rings. The Kier molecular flexibility index (Phi) is 11.5. The van der Waals surface area contributed by atoms with E-state index >= 15 is 0 Å². The zero-order valence-electron chi connectivity index (χ0n) is 28.8. The first-order valence-corrected chi connectivity index (χ1v) is 18.1. The Balaban J connectivity index is 1.64. The van der Waals surface area contributed by atoms with Gasteiger partial charge in [-0.25, -0.2) is 18.2 Å². The first-order chi connectivity index (χ1) is 24.7. The Morgan fingerprint density at radius 2 is 1.71 bits per heavy atom. The van der Waals surface area contributed by atoms with Crippen LogP contribution in [-0.4, -0.2) is 61.6 Å². The van der Waals surface area contributed by atoms with Gasteiger partial charge in [0, 0.05) is 42.5 Å². The summed E-state index contributed by atoms with van der Waals surface area (Å²) >= 11 is 0. The van der Waals surface area contributed by atoms with E-state index < -0.39 is 40.3 Å². The molecule has 1 aromatic heterocycles. The van der Waals surface area contributed by atoms with Crippen LogP contribution in [0.4, 0.5) is 24.7 Å². The van der Waals surface area contributed by atoms with E-state index in [2.05, 4.69) is 15.6 Å². The molecule has 0 bridgehead atoms. The summed E-state index contributed by atoms with van der Waals surface area (Å²) in [6.45, 7) is 5.53. The number of halogens is 3. The van der Waals surface area contributed by atoms with Crippen molar-refractivity contribution in [3.05, 3.63) is 84.1 Å². The lowest BCUT2D eigenvalue weighted by Gasteiger charge is -2.35. The topological polar surface area (TPSA) is 162 Å². The molecular formula is C36H40F3N5O7S. The van der Waals surface area contributed by atoms with Crippen molar-refractivity contribution in [1.82, 2.24) is 14.6 Å². The number of ether oxygens (including phenoxy) is 3. The number of alkyl halides is 3. The molecule has 1 fully saturated rings. The van der Waals surface area contributed by atoms with Crippen LogP contribution in [-0.2, 0) is 36.6 Å². The first kappa shape index (κ1) is 38.1. The van der Waals surface area contributed by atoms with E-state index in [1.807, 2.05) is 0 Å². The zero-order chi connectivity index (χ0) is 37.7. The molecule has 1 atom stereocenters. The number of nitrogen functional groups attached to an aromatic ring is 1. The summed E-state index contributed by atoms with van der Waals surface area (Å²) in [7, 11) is -3.98. The molecule has 278 valence electrons. The van der Waals surface area contributed by atoms with E-state index in [0.717, 1.165) is 6.42 Å². The van der Waals surface area contributed by atoms with Gasteiger partial charge in [0.2, 0.25) is 10.0 Å². The largest absolute Gasteiger partial charge is 0.491 e. The molecule has 0 aliphatic carbocycles. The lowest BCUT2D eigenvalue weighted by atomic mass is 9.99. The van der Waals surface area contributed by atoms with Gasteiger partial charge in [0.1, 0.15) is 5.82 Å². The fraction of sp³-hybridized carbons (Fsp3) is 0.361. The average Bonchev–Trinajstić information content (AvgIpc) is 3.11. The minimum atomic E-state index is -5.52. The van der Waals surface area contributed by atoms with Crippen LogP contribution in [0.1, 0.15) is 51.2 Å². The summed E-state index contributed by atoms with van der Waals surface area (Å²) in [4.78, 5) is 31.2. The third kappa shape index (κ3) is 8.34. The Morgan fingerprint density at radius 3 is 2.40 bits per heavy atom. The molecule has 12 nitrogen and oxygen atoms in total. The van der Waals surface area contributed by atoms with Crippen LogP contribution in [0.5, 0.6) is 11.5 Å². The molecule has 1 saturated heterocycles. The van der Waals surface area contributed by atoms with Crippen LogP contribution >= 0.6 is 0 Å². The number of piperidine rings is 1. The number of carbonyl (C=O) groups excluding carboxylic acids is 2. The lowest BCUT2D eigenvalue weighted by molar-refractivity contribution is -0.213. The number of hydrogen-bond donors (Lipinski definition) is 3. The minimum absolute atomic E-state index is 0.0612. The van der Waals surface area contributed by atoms with Crippen LogP contribution in [0, 0.1) is 0 Å². The Labute approximate surface area is 299 Å². The van der Waals surface area contributed by atoms with Crippen molar-refractivity contribution in [2.24, 2.45) is 0 Å². The number of carbonyl (C=O) groups is 2. The molecule has 0 spiro atoms. The number of nitrogens with two attached hydrogens (primary N) is 1.